The summed E-state index contributed by atoms with van der Waals surface area (Å²) in [5.41, 5.74) is 5.65. The van der Waals surface area contributed by atoms with Gasteiger partial charge in [0.2, 0.25) is 17.6 Å². The van der Waals surface area contributed by atoms with E-state index in [2.05, 4.69) is 15.5 Å². The minimum Gasteiger partial charge on any atom is -0.350 e. The molecule has 6 nitrogen and oxygen atoms in total. The summed E-state index contributed by atoms with van der Waals surface area (Å²) in [6.07, 6.45) is 0.864. The maximum Gasteiger partial charge on any atom is 0.277 e. The van der Waals surface area contributed by atoms with Crippen molar-refractivity contribution in [3.63, 3.8) is 0 Å². The number of carbonyl (C=O) groups excluding carboxylic acids is 1. The third-order valence-corrected chi connectivity index (χ3v) is 3.46. The van der Waals surface area contributed by atoms with Crippen molar-refractivity contribution in [3.05, 3.63) is 35.2 Å². The van der Waals surface area contributed by atoms with Crippen molar-refractivity contribution >= 4 is 29.9 Å². The molecule has 0 saturated carbocycles. The number of nitrogens with zero attached hydrogens (tertiary/aromatic N) is 2. The van der Waals surface area contributed by atoms with Gasteiger partial charge in [-0.15, -0.1) is 12.4 Å². The van der Waals surface area contributed by atoms with E-state index in [9.17, 15) is 13.6 Å². The van der Waals surface area contributed by atoms with Crippen molar-refractivity contribution in [2.24, 2.45) is 5.73 Å². The molecule has 0 saturated heterocycles. The maximum absolute atomic E-state index is 12.9. The Morgan fingerprint density at radius 3 is 2.64 bits per heavy atom. The molecule has 2 aromatic rings. The smallest absolute Gasteiger partial charge is 0.277 e. The molecule has 0 spiro atoms. The van der Waals surface area contributed by atoms with Gasteiger partial charge in [0.15, 0.2) is 0 Å². The first kappa shape index (κ1) is 21.3. The topological polar surface area (TPSA) is 94.0 Å². The third kappa shape index (κ3) is 6.93. The van der Waals surface area contributed by atoms with Crippen LogP contribution in [0.15, 0.2) is 28.8 Å². The van der Waals surface area contributed by atoms with Crippen LogP contribution in [0.1, 0.15) is 18.7 Å². The van der Waals surface area contributed by atoms with Crippen molar-refractivity contribution in [1.82, 2.24) is 15.5 Å². The number of nitrogens with two attached hydrogens (primary N) is 1. The minimum absolute atomic E-state index is 0. The van der Waals surface area contributed by atoms with E-state index in [1.807, 2.05) is 0 Å². The first-order valence-electron chi connectivity index (χ1n) is 7.33. The van der Waals surface area contributed by atoms with Crippen molar-refractivity contribution in [1.29, 1.82) is 0 Å². The Balaban J connectivity index is 0.00000312. The first-order chi connectivity index (χ1) is 11.4. The number of aromatic nitrogens is 2. The van der Waals surface area contributed by atoms with Crippen LogP contribution in [-0.2, 0) is 11.2 Å². The summed E-state index contributed by atoms with van der Waals surface area (Å²) in [6.45, 7) is -1.56. The molecule has 1 aromatic carbocycles. The maximum atomic E-state index is 12.9. The molecule has 10 heteroatoms. The van der Waals surface area contributed by atoms with Gasteiger partial charge in [0.25, 0.3) is 5.92 Å². The molecule has 0 bridgehead atoms. The molecule has 0 unspecified atom stereocenters. The van der Waals surface area contributed by atoms with E-state index in [0.717, 1.165) is 5.56 Å². The summed E-state index contributed by atoms with van der Waals surface area (Å²) in [5, 5.41) is 6.60. The fourth-order valence-electron chi connectivity index (χ4n) is 1.86. The van der Waals surface area contributed by atoms with Gasteiger partial charge in [-0.3, -0.25) is 4.79 Å². The van der Waals surface area contributed by atoms with E-state index in [1.165, 1.54) is 0 Å². The number of amides is 1. The highest BCUT2D eigenvalue weighted by molar-refractivity contribution is 6.30. The fourth-order valence-corrected chi connectivity index (χ4v) is 1.99. The van der Waals surface area contributed by atoms with Gasteiger partial charge in [-0.05, 0) is 30.7 Å². The number of alkyl halides is 2. The van der Waals surface area contributed by atoms with E-state index in [0.29, 0.717) is 29.6 Å². The molecule has 1 heterocycles. The minimum atomic E-state index is -3.09. The van der Waals surface area contributed by atoms with Gasteiger partial charge in [-0.2, -0.15) is 4.98 Å². The van der Waals surface area contributed by atoms with E-state index in [-0.39, 0.29) is 18.8 Å². The van der Waals surface area contributed by atoms with Gasteiger partial charge in [-0.1, -0.05) is 16.8 Å². The molecule has 0 atom stereocenters. The lowest BCUT2D eigenvalue weighted by Gasteiger charge is -2.14. The molecule has 2 rings (SSSR count). The number of benzene rings is 1. The summed E-state index contributed by atoms with van der Waals surface area (Å²) in [7, 11) is 0. The number of rotatable bonds is 8. The highest BCUT2D eigenvalue weighted by atomic mass is 35.5. The monoisotopic (exact) mass is 394 g/mol. The first-order valence-corrected chi connectivity index (χ1v) is 7.70. The fraction of sp³-hybridized carbons (Fsp3) is 0.400. The van der Waals surface area contributed by atoms with Crippen molar-refractivity contribution in [2.75, 3.05) is 13.1 Å². The van der Waals surface area contributed by atoms with Gasteiger partial charge in [0.1, 0.15) is 0 Å². The van der Waals surface area contributed by atoms with Crippen LogP contribution < -0.4 is 11.1 Å². The van der Waals surface area contributed by atoms with E-state index in [4.69, 9.17) is 21.9 Å². The Morgan fingerprint density at radius 2 is 2.00 bits per heavy atom. The van der Waals surface area contributed by atoms with Crippen LogP contribution in [0.2, 0.25) is 5.02 Å². The second-order valence-corrected chi connectivity index (χ2v) is 5.65. The number of aryl methyl sites for hydroxylation is 1. The predicted molar refractivity (Wildman–Crippen MR) is 91.9 cm³/mol. The Bertz CT molecular complexity index is 680. The average Bonchev–Trinajstić information content (AvgIpc) is 3.03. The number of nitrogens with one attached hydrogen (secondary N) is 1. The quantitative estimate of drug-likeness (QED) is 0.717. The Kier molecular flexibility index (Phi) is 8.21. The Labute approximate surface area is 154 Å². The van der Waals surface area contributed by atoms with Gasteiger partial charge >= 0.3 is 0 Å². The molecule has 1 amide bonds. The normalized spacial score (nSPS) is 11.0. The van der Waals surface area contributed by atoms with Gasteiger partial charge in [0, 0.05) is 23.4 Å². The largest absolute Gasteiger partial charge is 0.350 e. The molecule has 3 N–H and O–H groups in total. The molecule has 0 radical (unpaired) electrons. The van der Waals surface area contributed by atoms with Crippen LogP contribution in [0.3, 0.4) is 0 Å². The molecule has 0 aliphatic carbocycles. The number of carbonyl (C=O) groups is 1. The average molecular weight is 395 g/mol. The predicted octanol–water partition coefficient (Wildman–Crippen LogP) is 2.84. The van der Waals surface area contributed by atoms with Crippen molar-refractivity contribution in [2.45, 2.75) is 25.2 Å². The SMILES string of the molecule is Cl.NCC(F)(F)CNC(=O)CCCc1nc(-c2ccc(Cl)cc2)no1. The summed E-state index contributed by atoms with van der Waals surface area (Å²) in [4.78, 5) is 15.7. The molecular weight excluding hydrogens is 377 g/mol. The molecule has 25 heavy (non-hydrogen) atoms. The molecule has 0 fully saturated rings. The van der Waals surface area contributed by atoms with E-state index >= 15 is 0 Å². The van der Waals surface area contributed by atoms with Crippen LogP contribution in [-0.4, -0.2) is 35.1 Å². The Morgan fingerprint density at radius 1 is 1.32 bits per heavy atom. The Hall–Kier alpha value is -1.77. The second kappa shape index (κ2) is 9.65. The third-order valence-electron chi connectivity index (χ3n) is 3.21. The number of hydrogen-bond acceptors (Lipinski definition) is 5. The molecule has 0 aliphatic rings. The number of halogens is 4. The van der Waals surface area contributed by atoms with Gasteiger partial charge < -0.3 is 15.6 Å². The molecular formula is C15H18Cl2F2N4O2. The molecule has 138 valence electrons. The lowest BCUT2D eigenvalue weighted by molar-refractivity contribution is -0.123. The van der Waals surface area contributed by atoms with E-state index in [1.54, 1.807) is 24.3 Å². The van der Waals surface area contributed by atoms with Crippen LogP contribution in [0.5, 0.6) is 0 Å². The highest BCUT2D eigenvalue weighted by Gasteiger charge is 2.26. The highest BCUT2D eigenvalue weighted by Crippen LogP contribution is 2.19. The summed E-state index contributed by atoms with van der Waals surface area (Å²) in [6, 6.07) is 6.97. The van der Waals surface area contributed by atoms with Crippen LogP contribution in [0.25, 0.3) is 11.4 Å². The lowest BCUT2D eigenvalue weighted by Crippen LogP contribution is -2.41. The zero-order valence-electron chi connectivity index (χ0n) is 13.2. The second-order valence-electron chi connectivity index (χ2n) is 5.21. The van der Waals surface area contributed by atoms with Crippen LogP contribution in [0, 0.1) is 0 Å². The standard InChI is InChI=1S/C15H17ClF2N4O2.ClH/c16-11-6-4-10(5-7-11)14-21-13(24-22-14)3-1-2-12(23)20-9-15(17,18)8-19;/h4-7H,1-3,8-9,19H2,(H,20,23);1H. The van der Waals surface area contributed by atoms with Gasteiger partial charge in [0.05, 0.1) is 13.1 Å². The summed E-state index contributed by atoms with van der Waals surface area (Å²) in [5.74, 6) is -2.76. The van der Waals surface area contributed by atoms with Crippen LogP contribution >= 0.6 is 24.0 Å². The molecule has 0 aliphatic heterocycles. The zero-order chi connectivity index (χ0) is 17.6. The summed E-state index contributed by atoms with van der Waals surface area (Å²) >= 11 is 5.81. The van der Waals surface area contributed by atoms with Crippen molar-refractivity contribution in [3.8, 4) is 11.4 Å². The van der Waals surface area contributed by atoms with Crippen LogP contribution in [0.4, 0.5) is 8.78 Å². The summed E-state index contributed by atoms with van der Waals surface area (Å²) < 4.78 is 30.9. The lowest BCUT2D eigenvalue weighted by atomic mass is 10.2. The number of hydrogen-bond donors (Lipinski definition) is 2. The molecule has 1 aromatic heterocycles. The zero-order valence-corrected chi connectivity index (χ0v) is 14.7. The van der Waals surface area contributed by atoms with Crippen molar-refractivity contribution < 1.29 is 18.1 Å². The van der Waals surface area contributed by atoms with Gasteiger partial charge in [-0.25, -0.2) is 8.78 Å². The van der Waals surface area contributed by atoms with E-state index < -0.39 is 24.9 Å².